The Bertz CT molecular complexity index is 785. The highest BCUT2D eigenvalue weighted by Crippen LogP contribution is 2.26. The first kappa shape index (κ1) is 15.9. The molecule has 4 nitrogen and oxygen atoms in total. The molecule has 2 aromatic rings. The summed E-state index contributed by atoms with van der Waals surface area (Å²) in [6.07, 6.45) is 1.06. The van der Waals surface area contributed by atoms with Gasteiger partial charge in [0.2, 0.25) is 0 Å². The van der Waals surface area contributed by atoms with Crippen LogP contribution in [0, 0.1) is 11.6 Å². The minimum Gasteiger partial charge on any atom is -0.439 e. The minimum absolute atomic E-state index is 0.0868. The third-order valence-corrected chi connectivity index (χ3v) is 3.55. The molecule has 0 aromatic heterocycles. The Morgan fingerprint density at radius 3 is 2.46 bits per heavy atom. The number of amides is 2. The number of benzene rings is 2. The van der Waals surface area contributed by atoms with Gasteiger partial charge in [-0.3, -0.25) is 4.79 Å². The Hall–Kier alpha value is -3.02. The average Bonchev–Trinajstić information content (AvgIpc) is 2.94. The van der Waals surface area contributed by atoms with Gasteiger partial charge in [-0.15, -0.1) is 0 Å². The summed E-state index contributed by atoms with van der Waals surface area (Å²) in [5, 5.41) is 0. The smallest absolute Gasteiger partial charge is 0.417 e. The van der Waals surface area contributed by atoms with Crippen LogP contribution < -0.4 is 0 Å². The third kappa shape index (κ3) is 3.48. The van der Waals surface area contributed by atoms with Crippen LogP contribution in [0.3, 0.4) is 0 Å². The van der Waals surface area contributed by atoms with Gasteiger partial charge < -0.3 is 4.74 Å². The first-order valence-electron chi connectivity index (χ1n) is 7.24. The Balaban J connectivity index is 1.71. The van der Waals surface area contributed by atoms with E-state index in [2.05, 4.69) is 0 Å². The van der Waals surface area contributed by atoms with E-state index in [4.69, 9.17) is 4.74 Å². The molecule has 0 saturated carbocycles. The van der Waals surface area contributed by atoms with Crippen molar-refractivity contribution in [3.63, 3.8) is 0 Å². The molecule has 0 bridgehead atoms. The van der Waals surface area contributed by atoms with Gasteiger partial charge >= 0.3 is 6.09 Å². The zero-order valence-corrected chi connectivity index (χ0v) is 12.5. The molecule has 6 heteroatoms. The predicted molar refractivity (Wildman–Crippen MR) is 82.8 cm³/mol. The lowest BCUT2D eigenvalue weighted by Gasteiger charge is -2.08. The summed E-state index contributed by atoms with van der Waals surface area (Å²) in [7, 11) is 0. The average molecular weight is 329 g/mol. The van der Waals surface area contributed by atoms with Crippen LogP contribution in [0.5, 0.6) is 0 Å². The van der Waals surface area contributed by atoms with E-state index in [0.29, 0.717) is 0 Å². The molecule has 1 saturated heterocycles. The van der Waals surface area contributed by atoms with E-state index in [-0.39, 0.29) is 12.1 Å². The lowest BCUT2D eigenvalue weighted by molar-refractivity contribution is -0.122. The van der Waals surface area contributed by atoms with E-state index in [1.54, 1.807) is 12.1 Å². The fraction of sp³-hybridized carbons (Fsp3) is 0.111. The zero-order chi connectivity index (χ0) is 17.1. The molecule has 122 valence electrons. The molecule has 1 heterocycles. The second kappa shape index (κ2) is 6.62. The van der Waals surface area contributed by atoms with Crippen molar-refractivity contribution in [2.75, 3.05) is 6.54 Å². The van der Waals surface area contributed by atoms with Crippen LogP contribution in [0.25, 0.3) is 6.08 Å². The van der Waals surface area contributed by atoms with E-state index in [0.717, 1.165) is 34.7 Å². The fourth-order valence-electron chi connectivity index (χ4n) is 2.41. The highest BCUT2D eigenvalue weighted by atomic mass is 19.1. The Labute approximate surface area is 137 Å². The van der Waals surface area contributed by atoms with E-state index in [1.807, 2.05) is 18.2 Å². The number of halogens is 2. The quantitative estimate of drug-likeness (QED) is 0.807. The largest absolute Gasteiger partial charge is 0.439 e. The number of imide groups is 1. The van der Waals surface area contributed by atoms with Crippen molar-refractivity contribution in [1.29, 1.82) is 0 Å². The molecule has 1 atom stereocenters. The Kier molecular flexibility index (Phi) is 4.37. The monoisotopic (exact) mass is 329 g/mol. The first-order valence-corrected chi connectivity index (χ1v) is 7.24. The number of carbonyl (C=O) groups is 2. The zero-order valence-electron chi connectivity index (χ0n) is 12.5. The van der Waals surface area contributed by atoms with Gasteiger partial charge in [-0.05, 0) is 29.3 Å². The SMILES string of the molecule is O=C(C=Cc1cc(F)cc(F)c1)N1C[C@@H](c2ccccc2)OC1=O. The van der Waals surface area contributed by atoms with E-state index >= 15 is 0 Å². The number of nitrogens with zero attached hydrogens (tertiary/aromatic N) is 1. The fourth-order valence-corrected chi connectivity index (χ4v) is 2.41. The summed E-state index contributed by atoms with van der Waals surface area (Å²) in [5.41, 5.74) is 0.977. The maximum absolute atomic E-state index is 13.1. The Morgan fingerprint density at radius 2 is 1.79 bits per heavy atom. The highest BCUT2D eigenvalue weighted by Gasteiger charge is 2.35. The number of rotatable bonds is 3. The molecule has 1 aliphatic rings. The number of hydrogen-bond acceptors (Lipinski definition) is 3. The summed E-state index contributed by atoms with van der Waals surface area (Å²) in [4.78, 5) is 24.9. The molecule has 24 heavy (non-hydrogen) atoms. The van der Waals surface area contributed by atoms with Gasteiger partial charge in [0.25, 0.3) is 5.91 Å². The van der Waals surface area contributed by atoms with Crippen molar-refractivity contribution in [3.05, 3.63) is 77.4 Å². The van der Waals surface area contributed by atoms with E-state index in [9.17, 15) is 18.4 Å². The lowest BCUT2D eigenvalue weighted by atomic mass is 10.1. The third-order valence-electron chi connectivity index (χ3n) is 3.55. The minimum atomic E-state index is -0.746. The molecule has 0 aliphatic carbocycles. The molecule has 1 aliphatic heterocycles. The standard InChI is InChI=1S/C18H13F2NO3/c19-14-8-12(9-15(20)10-14)6-7-17(22)21-11-16(24-18(21)23)13-4-2-1-3-5-13/h1-10,16H,11H2/t16-/m0/s1. The van der Waals surface area contributed by atoms with Gasteiger partial charge in [0.1, 0.15) is 17.7 Å². The molecule has 0 radical (unpaired) electrons. The number of cyclic esters (lactones) is 1. The first-order chi connectivity index (χ1) is 11.5. The van der Waals surface area contributed by atoms with Crippen LogP contribution in [0.1, 0.15) is 17.2 Å². The van der Waals surface area contributed by atoms with Crippen LogP contribution in [0.15, 0.2) is 54.6 Å². The van der Waals surface area contributed by atoms with Crippen molar-refractivity contribution in [3.8, 4) is 0 Å². The molecular weight excluding hydrogens is 316 g/mol. The number of hydrogen-bond donors (Lipinski definition) is 0. The highest BCUT2D eigenvalue weighted by molar-refractivity contribution is 6.01. The van der Waals surface area contributed by atoms with Gasteiger partial charge in [-0.2, -0.15) is 0 Å². The molecule has 0 spiro atoms. The normalized spacial score (nSPS) is 17.3. The summed E-state index contributed by atoms with van der Waals surface area (Å²) in [6, 6.07) is 12.0. The molecule has 3 rings (SSSR count). The van der Waals surface area contributed by atoms with Gasteiger partial charge in [-0.25, -0.2) is 18.5 Å². The lowest BCUT2D eigenvalue weighted by Crippen LogP contribution is -2.30. The van der Waals surface area contributed by atoms with Gasteiger partial charge in [-0.1, -0.05) is 30.3 Å². The molecule has 2 aromatic carbocycles. The summed E-state index contributed by atoms with van der Waals surface area (Å²) < 4.78 is 31.4. The van der Waals surface area contributed by atoms with E-state index < -0.39 is 29.7 Å². The van der Waals surface area contributed by atoms with Gasteiger partial charge in [0.15, 0.2) is 0 Å². The van der Waals surface area contributed by atoms with Crippen molar-refractivity contribution in [2.24, 2.45) is 0 Å². The summed E-state index contributed by atoms with van der Waals surface area (Å²) in [6.45, 7) is 0.0868. The van der Waals surface area contributed by atoms with Crippen LogP contribution in [0.2, 0.25) is 0 Å². The van der Waals surface area contributed by atoms with Gasteiger partial charge in [0.05, 0.1) is 6.54 Å². The topological polar surface area (TPSA) is 46.6 Å². The van der Waals surface area contributed by atoms with Crippen molar-refractivity contribution in [1.82, 2.24) is 4.90 Å². The van der Waals surface area contributed by atoms with Crippen molar-refractivity contribution >= 4 is 18.1 Å². The van der Waals surface area contributed by atoms with Crippen molar-refractivity contribution in [2.45, 2.75) is 6.10 Å². The van der Waals surface area contributed by atoms with E-state index in [1.165, 1.54) is 6.08 Å². The van der Waals surface area contributed by atoms with Crippen LogP contribution in [0.4, 0.5) is 13.6 Å². The van der Waals surface area contributed by atoms with Crippen molar-refractivity contribution < 1.29 is 23.1 Å². The second-order valence-corrected chi connectivity index (χ2v) is 5.27. The molecule has 2 amide bonds. The van der Waals surface area contributed by atoms with Crippen LogP contribution in [-0.2, 0) is 9.53 Å². The van der Waals surface area contributed by atoms with Gasteiger partial charge in [0, 0.05) is 12.1 Å². The molecule has 1 fully saturated rings. The number of carbonyl (C=O) groups excluding carboxylic acids is 2. The molecule has 0 N–H and O–H groups in total. The molecular formula is C18H13F2NO3. The van der Waals surface area contributed by atoms with Crippen LogP contribution >= 0.6 is 0 Å². The second-order valence-electron chi connectivity index (χ2n) is 5.27. The maximum atomic E-state index is 13.1. The Morgan fingerprint density at radius 1 is 1.12 bits per heavy atom. The molecule has 0 unspecified atom stereocenters. The number of ether oxygens (including phenoxy) is 1. The summed E-state index contributed by atoms with van der Waals surface area (Å²) >= 11 is 0. The maximum Gasteiger partial charge on any atom is 0.417 e. The van der Waals surface area contributed by atoms with Crippen LogP contribution in [-0.4, -0.2) is 23.4 Å². The predicted octanol–water partition coefficient (Wildman–Crippen LogP) is 3.70. The summed E-state index contributed by atoms with van der Waals surface area (Å²) in [5.74, 6) is -2.10.